The van der Waals surface area contributed by atoms with E-state index in [2.05, 4.69) is 20.9 Å². The second-order valence-corrected chi connectivity index (χ2v) is 5.12. The Morgan fingerprint density at radius 3 is 2.82 bits per heavy atom. The molecular weight excluding hydrogens is 327 g/mol. The monoisotopic (exact) mass is 332 g/mol. The average Bonchev–Trinajstić information content (AvgIpc) is 2.27. The normalized spacial score (nSPS) is 10.5. The van der Waals surface area contributed by atoms with E-state index < -0.39 is 0 Å². The SMILES string of the molecule is O=c1ccc(Br)cn1Cc1cnc(Cl)cc1Cl. The van der Waals surface area contributed by atoms with E-state index in [-0.39, 0.29) is 5.56 Å². The molecule has 0 radical (unpaired) electrons. The smallest absolute Gasteiger partial charge is 0.250 e. The van der Waals surface area contributed by atoms with Gasteiger partial charge in [0.2, 0.25) is 0 Å². The Morgan fingerprint density at radius 2 is 2.12 bits per heavy atom. The molecule has 0 unspecified atom stereocenters. The lowest BCUT2D eigenvalue weighted by atomic mass is 10.3. The summed E-state index contributed by atoms with van der Waals surface area (Å²) in [5.41, 5.74) is 0.649. The van der Waals surface area contributed by atoms with Crippen molar-refractivity contribution < 1.29 is 0 Å². The van der Waals surface area contributed by atoms with E-state index in [1.807, 2.05) is 0 Å². The highest BCUT2D eigenvalue weighted by atomic mass is 79.9. The van der Waals surface area contributed by atoms with Crippen molar-refractivity contribution >= 4 is 39.1 Å². The van der Waals surface area contributed by atoms with E-state index >= 15 is 0 Å². The molecule has 3 nitrogen and oxygen atoms in total. The molecule has 0 saturated carbocycles. The van der Waals surface area contributed by atoms with E-state index in [4.69, 9.17) is 23.2 Å². The number of rotatable bonds is 2. The van der Waals surface area contributed by atoms with Crippen LogP contribution in [0.15, 0.2) is 39.9 Å². The Labute approximate surface area is 116 Å². The molecule has 2 aromatic heterocycles. The zero-order chi connectivity index (χ0) is 12.4. The number of hydrogen-bond donors (Lipinski definition) is 0. The maximum Gasteiger partial charge on any atom is 0.250 e. The summed E-state index contributed by atoms with van der Waals surface area (Å²) in [7, 11) is 0. The fourth-order valence-electron chi connectivity index (χ4n) is 1.36. The number of hydrogen-bond acceptors (Lipinski definition) is 2. The molecule has 0 saturated heterocycles. The minimum atomic E-state index is -0.0979. The third-order valence-corrected chi connectivity index (χ3v) is 3.21. The summed E-state index contributed by atoms with van der Waals surface area (Å²) >= 11 is 15.0. The van der Waals surface area contributed by atoms with E-state index in [0.29, 0.717) is 16.7 Å². The van der Waals surface area contributed by atoms with Crippen LogP contribution in [0.2, 0.25) is 10.2 Å². The molecule has 2 rings (SSSR count). The highest BCUT2D eigenvalue weighted by Gasteiger charge is 2.04. The summed E-state index contributed by atoms with van der Waals surface area (Å²) < 4.78 is 2.37. The van der Waals surface area contributed by atoms with Gasteiger partial charge in [-0.1, -0.05) is 23.2 Å². The first kappa shape index (κ1) is 12.6. The Hall–Kier alpha value is -0.840. The molecule has 0 atom stereocenters. The molecule has 0 aliphatic rings. The minimum Gasteiger partial charge on any atom is -0.310 e. The lowest BCUT2D eigenvalue weighted by Crippen LogP contribution is -2.19. The lowest BCUT2D eigenvalue weighted by molar-refractivity contribution is 0.753. The Bertz CT molecular complexity index is 613. The van der Waals surface area contributed by atoms with E-state index in [1.54, 1.807) is 29.1 Å². The van der Waals surface area contributed by atoms with Crippen LogP contribution in [-0.4, -0.2) is 9.55 Å². The van der Waals surface area contributed by atoms with Crippen LogP contribution >= 0.6 is 39.1 Å². The molecule has 0 bridgehead atoms. The molecular formula is C11H7BrCl2N2O. The van der Waals surface area contributed by atoms with Crippen LogP contribution in [0.3, 0.4) is 0 Å². The number of aromatic nitrogens is 2. The molecule has 6 heteroatoms. The molecule has 0 aromatic carbocycles. The quantitative estimate of drug-likeness (QED) is 0.790. The van der Waals surface area contributed by atoms with Gasteiger partial charge in [0.15, 0.2) is 0 Å². The van der Waals surface area contributed by atoms with E-state index in [0.717, 1.165) is 10.0 Å². The molecule has 0 amide bonds. The van der Waals surface area contributed by atoms with Crippen LogP contribution in [0.25, 0.3) is 0 Å². The maximum atomic E-state index is 11.6. The van der Waals surface area contributed by atoms with Crippen LogP contribution in [0.4, 0.5) is 0 Å². The summed E-state index contributed by atoms with van der Waals surface area (Å²) in [6.07, 6.45) is 3.27. The highest BCUT2D eigenvalue weighted by molar-refractivity contribution is 9.10. The van der Waals surface area contributed by atoms with Crippen molar-refractivity contribution in [3.63, 3.8) is 0 Å². The molecule has 0 fully saturated rings. The third-order valence-electron chi connectivity index (χ3n) is 2.18. The molecule has 17 heavy (non-hydrogen) atoms. The second-order valence-electron chi connectivity index (χ2n) is 3.41. The molecule has 2 heterocycles. The van der Waals surface area contributed by atoms with Gasteiger partial charge >= 0.3 is 0 Å². The zero-order valence-corrected chi connectivity index (χ0v) is 11.6. The predicted octanol–water partition coefficient (Wildman–Crippen LogP) is 3.36. The Kier molecular flexibility index (Phi) is 3.86. The van der Waals surface area contributed by atoms with Crippen molar-refractivity contribution in [2.45, 2.75) is 6.54 Å². The van der Waals surface area contributed by atoms with E-state index in [9.17, 15) is 4.79 Å². The largest absolute Gasteiger partial charge is 0.310 e. The van der Waals surface area contributed by atoms with Gasteiger partial charge in [0, 0.05) is 28.5 Å². The van der Waals surface area contributed by atoms with Crippen molar-refractivity contribution in [3.8, 4) is 0 Å². The van der Waals surface area contributed by atoms with Crippen LogP contribution in [0, 0.1) is 0 Å². The standard InChI is InChI=1S/C11H7BrCl2N2O/c12-8-1-2-11(17)16(6-8)5-7-4-15-10(14)3-9(7)13/h1-4,6H,5H2. The summed E-state index contributed by atoms with van der Waals surface area (Å²) in [6.45, 7) is 0.362. The van der Waals surface area contributed by atoms with Crippen LogP contribution < -0.4 is 5.56 Å². The number of halogens is 3. The van der Waals surface area contributed by atoms with Crippen molar-refractivity contribution in [3.05, 3.63) is 61.2 Å². The number of pyridine rings is 2. The molecule has 0 N–H and O–H groups in total. The molecule has 0 aliphatic carbocycles. The highest BCUT2D eigenvalue weighted by Crippen LogP contribution is 2.19. The van der Waals surface area contributed by atoms with Crippen molar-refractivity contribution in [2.24, 2.45) is 0 Å². The summed E-state index contributed by atoms with van der Waals surface area (Å²) in [4.78, 5) is 15.5. The van der Waals surface area contributed by atoms with Gasteiger partial charge in [0.25, 0.3) is 5.56 Å². The van der Waals surface area contributed by atoms with Gasteiger partial charge in [-0.2, -0.15) is 0 Å². The Balaban J connectivity index is 2.38. The molecule has 2 aromatic rings. The summed E-state index contributed by atoms with van der Waals surface area (Å²) in [5.74, 6) is 0. The second kappa shape index (κ2) is 5.21. The molecule has 0 spiro atoms. The summed E-state index contributed by atoms with van der Waals surface area (Å²) in [6, 6.07) is 4.74. The van der Waals surface area contributed by atoms with Crippen molar-refractivity contribution in [1.82, 2.24) is 9.55 Å². The van der Waals surface area contributed by atoms with Gasteiger partial charge in [0.1, 0.15) is 5.15 Å². The van der Waals surface area contributed by atoms with Crippen molar-refractivity contribution in [2.75, 3.05) is 0 Å². The first-order chi connectivity index (χ1) is 8.06. The Morgan fingerprint density at radius 1 is 1.35 bits per heavy atom. The van der Waals surface area contributed by atoms with Gasteiger partial charge in [-0.25, -0.2) is 4.98 Å². The molecule has 88 valence electrons. The average molecular weight is 334 g/mol. The predicted molar refractivity (Wildman–Crippen MR) is 71.8 cm³/mol. The third kappa shape index (κ3) is 3.09. The molecule has 0 aliphatic heterocycles. The fourth-order valence-corrected chi connectivity index (χ4v) is 2.17. The van der Waals surface area contributed by atoms with Crippen LogP contribution in [0.1, 0.15) is 5.56 Å². The lowest BCUT2D eigenvalue weighted by Gasteiger charge is -2.07. The minimum absolute atomic E-state index is 0.0979. The zero-order valence-electron chi connectivity index (χ0n) is 8.53. The van der Waals surface area contributed by atoms with Crippen molar-refractivity contribution in [1.29, 1.82) is 0 Å². The van der Waals surface area contributed by atoms with E-state index in [1.165, 1.54) is 6.07 Å². The van der Waals surface area contributed by atoms with Crippen LogP contribution in [-0.2, 0) is 6.54 Å². The van der Waals surface area contributed by atoms with Gasteiger partial charge in [0.05, 0.1) is 11.6 Å². The fraction of sp³-hybridized carbons (Fsp3) is 0.0909. The summed E-state index contributed by atoms with van der Waals surface area (Å²) in [5, 5.41) is 0.831. The first-order valence-corrected chi connectivity index (χ1v) is 6.27. The van der Waals surface area contributed by atoms with Gasteiger partial charge in [-0.05, 0) is 28.1 Å². The number of nitrogens with zero attached hydrogens (tertiary/aromatic N) is 2. The van der Waals surface area contributed by atoms with Gasteiger partial charge in [-0.3, -0.25) is 4.79 Å². The van der Waals surface area contributed by atoms with Crippen LogP contribution in [0.5, 0.6) is 0 Å². The first-order valence-electron chi connectivity index (χ1n) is 4.72. The maximum absolute atomic E-state index is 11.6. The van der Waals surface area contributed by atoms with Gasteiger partial charge in [-0.15, -0.1) is 0 Å². The van der Waals surface area contributed by atoms with Gasteiger partial charge < -0.3 is 4.57 Å². The topological polar surface area (TPSA) is 34.9 Å².